The lowest BCUT2D eigenvalue weighted by Gasteiger charge is -2.19. The van der Waals surface area contributed by atoms with E-state index in [1.165, 1.54) is 18.2 Å². The van der Waals surface area contributed by atoms with Gasteiger partial charge in [-0.1, -0.05) is 0 Å². The third-order valence-corrected chi connectivity index (χ3v) is 2.84. The first kappa shape index (κ1) is 10.3. The van der Waals surface area contributed by atoms with Crippen LogP contribution >= 0.6 is 0 Å². The van der Waals surface area contributed by atoms with Crippen molar-refractivity contribution in [3.63, 3.8) is 0 Å². The molecular weight excluding hydrogens is 194 g/mol. The third kappa shape index (κ3) is 2.06. The molecule has 0 unspecified atom stereocenters. The third-order valence-electron chi connectivity index (χ3n) is 2.84. The Balaban J connectivity index is 2.23. The predicted octanol–water partition coefficient (Wildman–Crippen LogP) is 0.868. The summed E-state index contributed by atoms with van der Waals surface area (Å²) in [6.07, 6.45) is 1.32. The minimum absolute atomic E-state index is 0.0139. The molecule has 1 aliphatic carbocycles. The first-order valence-corrected chi connectivity index (χ1v) is 5.05. The molecular formula is C11H15NO3. The van der Waals surface area contributed by atoms with Crippen LogP contribution in [-0.4, -0.2) is 21.4 Å². The molecule has 0 aliphatic heterocycles. The summed E-state index contributed by atoms with van der Waals surface area (Å²) in [6, 6.07) is 3.52. The Hall–Kier alpha value is -1.26. The molecule has 0 heterocycles. The molecule has 82 valence electrons. The van der Waals surface area contributed by atoms with Crippen molar-refractivity contribution in [2.45, 2.75) is 25.0 Å². The topological polar surface area (TPSA) is 86.7 Å². The first-order chi connectivity index (χ1) is 7.09. The van der Waals surface area contributed by atoms with Crippen LogP contribution in [0.25, 0.3) is 0 Å². The fourth-order valence-corrected chi connectivity index (χ4v) is 1.72. The number of nitrogens with two attached hydrogens (primary N) is 1. The van der Waals surface area contributed by atoms with Crippen LogP contribution in [0.3, 0.4) is 0 Å². The summed E-state index contributed by atoms with van der Waals surface area (Å²) in [4.78, 5) is 0. The molecule has 1 fully saturated rings. The summed E-state index contributed by atoms with van der Waals surface area (Å²) < 4.78 is 0. The molecule has 0 aromatic heterocycles. The van der Waals surface area contributed by atoms with E-state index in [1.807, 2.05) is 0 Å². The van der Waals surface area contributed by atoms with Crippen molar-refractivity contribution < 1.29 is 15.3 Å². The molecule has 0 spiro atoms. The second-order valence-electron chi connectivity index (χ2n) is 4.10. The monoisotopic (exact) mass is 209 g/mol. The second-order valence-corrected chi connectivity index (χ2v) is 4.10. The van der Waals surface area contributed by atoms with Crippen LogP contribution < -0.4 is 5.73 Å². The zero-order valence-electron chi connectivity index (χ0n) is 8.30. The van der Waals surface area contributed by atoms with Crippen LogP contribution in [0.1, 0.15) is 24.4 Å². The van der Waals surface area contributed by atoms with Crippen LogP contribution in [0.4, 0.5) is 0 Å². The van der Waals surface area contributed by atoms with Gasteiger partial charge in [0.2, 0.25) is 0 Å². The number of phenolic OH excluding ortho intramolecular Hbond substituents is 2. The summed E-state index contributed by atoms with van der Waals surface area (Å²) in [6.45, 7) is 0. The second kappa shape index (κ2) is 3.72. The van der Waals surface area contributed by atoms with Crippen molar-refractivity contribution >= 4 is 0 Å². The van der Waals surface area contributed by atoms with Crippen molar-refractivity contribution in [1.82, 2.24) is 0 Å². The normalized spacial score (nSPS) is 19.9. The van der Waals surface area contributed by atoms with Crippen LogP contribution in [-0.2, 0) is 0 Å². The predicted molar refractivity (Wildman–Crippen MR) is 55.4 cm³/mol. The largest absolute Gasteiger partial charge is 0.508 e. The fourth-order valence-electron chi connectivity index (χ4n) is 1.72. The number of aromatic hydroxyl groups is 2. The lowest BCUT2D eigenvalue weighted by atomic mass is 9.98. The summed E-state index contributed by atoms with van der Waals surface area (Å²) >= 11 is 0. The standard InChI is InChI=1S/C11H15NO3/c12-10(11(15)6-1-2-6)8-5-7(13)3-4-9(8)14/h3-6,10-11,13-15H,1-2,12H2/t10-,11+/m1/s1. The van der Waals surface area contributed by atoms with E-state index in [0.717, 1.165) is 12.8 Å². The number of hydrogen-bond donors (Lipinski definition) is 4. The van der Waals surface area contributed by atoms with Crippen molar-refractivity contribution in [2.24, 2.45) is 11.7 Å². The molecule has 1 aromatic carbocycles. The molecule has 0 amide bonds. The molecule has 0 saturated heterocycles. The van der Waals surface area contributed by atoms with Crippen molar-refractivity contribution in [2.75, 3.05) is 0 Å². The highest BCUT2D eigenvalue weighted by Crippen LogP contribution is 2.39. The van der Waals surface area contributed by atoms with Crippen LogP contribution in [0, 0.1) is 5.92 Å². The van der Waals surface area contributed by atoms with E-state index in [4.69, 9.17) is 5.73 Å². The van der Waals surface area contributed by atoms with Crippen LogP contribution in [0.2, 0.25) is 0 Å². The summed E-state index contributed by atoms with van der Waals surface area (Å²) in [5.41, 5.74) is 6.23. The molecule has 1 saturated carbocycles. The van der Waals surface area contributed by atoms with E-state index in [1.54, 1.807) is 0 Å². The molecule has 0 bridgehead atoms. The fraction of sp³-hybridized carbons (Fsp3) is 0.455. The van der Waals surface area contributed by atoms with Gasteiger partial charge in [0, 0.05) is 5.56 Å². The van der Waals surface area contributed by atoms with Gasteiger partial charge in [-0.25, -0.2) is 0 Å². The van der Waals surface area contributed by atoms with Gasteiger partial charge in [0.05, 0.1) is 12.1 Å². The molecule has 15 heavy (non-hydrogen) atoms. The lowest BCUT2D eigenvalue weighted by molar-refractivity contribution is 0.121. The van der Waals surface area contributed by atoms with E-state index >= 15 is 0 Å². The maximum Gasteiger partial charge on any atom is 0.120 e. The molecule has 1 aromatic rings. The first-order valence-electron chi connectivity index (χ1n) is 5.05. The van der Waals surface area contributed by atoms with E-state index in [-0.39, 0.29) is 17.4 Å². The number of benzene rings is 1. The smallest absolute Gasteiger partial charge is 0.120 e. The zero-order valence-corrected chi connectivity index (χ0v) is 8.30. The van der Waals surface area contributed by atoms with Gasteiger partial charge in [-0.05, 0) is 37.0 Å². The Kier molecular flexibility index (Phi) is 2.54. The van der Waals surface area contributed by atoms with E-state index in [0.29, 0.717) is 5.56 Å². The summed E-state index contributed by atoms with van der Waals surface area (Å²) in [7, 11) is 0. The molecule has 4 nitrogen and oxygen atoms in total. The summed E-state index contributed by atoms with van der Waals surface area (Å²) in [5.74, 6) is 0.294. The summed E-state index contributed by atoms with van der Waals surface area (Å²) in [5, 5.41) is 28.6. The number of hydrogen-bond acceptors (Lipinski definition) is 4. The average Bonchev–Trinajstić information content (AvgIpc) is 3.03. The molecule has 2 atom stereocenters. The highest BCUT2D eigenvalue weighted by Gasteiger charge is 2.35. The zero-order chi connectivity index (χ0) is 11.0. The quantitative estimate of drug-likeness (QED) is 0.556. The maximum absolute atomic E-state index is 9.81. The van der Waals surface area contributed by atoms with Gasteiger partial charge in [-0.2, -0.15) is 0 Å². The van der Waals surface area contributed by atoms with Crippen molar-refractivity contribution in [3.05, 3.63) is 23.8 Å². The van der Waals surface area contributed by atoms with Gasteiger partial charge in [-0.3, -0.25) is 0 Å². The highest BCUT2D eigenvalue weighted by atomic mass is 16.3. The van der Waals surface area contributed by atoms with Gasteiger partial charge in [0.25, 0.3) is 0 Å². The lowest BCUT2D eigenvalue weighted by Crippen LogP contribution is -2.27. The number of phenols is 2. The molecule has 1 aliphatic rings. The Morgan fingerprint density at radius 1 is 1.27 bits per heavy atom. The van der Waals surface area contributed by atoms with Gasteiger partial charge in [-0.15, -0.1) is 0 Å². The highest BCUT2D eigenvalue weighted by molar-refractivity contribution is 5.41. The SMILES string of the molecule is N[C@H](c1cc(O)ccc1O)[C@@H](O)C1CC1. The molecule has 0 radical (unpaired) electrons. The average molecular weight is 209 g/mol. The Labute approximate surface area is 88.0 Å². The minimum atomic E-state index is -0.641. The van der Waals surface area contributed by atoms with Crippen LogP contribution in [0.5, 0.6) is 11.5 Å². The van der Waals surface area contributed by atoms with Gasteiger partial charge in [0.1, 0.15) is 11.5 Å². The number of aliphatic hydroxyl groups excluding tert-OH is 1. The van der Waals surface area contributed by atoms with E-state index in [9.17, 15) is 15.3 Å². The maximum atomic E-state index is 9.81. The van der Waals surface area contributed by atoms with Gasteiger partial charge in [0.15, 0.2) is 0 Å². The van der Waals surface area contributed by atoms with Crippen molar-refractivity contribution in [1.29, 1.82) is 0 Å². The van der Waals surface area contributed by atoms with E-state index in [2.05, 4.69) is 0 Å². The van der Waals surface area contributed by atoms with Crippen molar-refractivity contribution in [3.8, 4) is 11.5 Å². The molecule has 4 heteroatoms. The molecule has 5 N–H and O–H groups in total. The Morgan fingerprint density at radius 2 is 1.93 bits per heavy atom. The van der Waals surface area contributed by atoms with Gasteiger partial charge >= 0.3 is 0 Å². The van der Waals surface area contributed by atoms with Crippen LogP contribution in [0.15, 0.2) is 18.2 Å². The number of rotatable bonds is 3. The van der Waals surface area contributed by atoms with E-state index < -0.39 is 12.1 Å². The molecule has 2 rings (SSSR count). The number of aliphatic hydroxyl groups is 1. The van der Waals surface area contributed by atoms with Gasteiger partial charge < -0.3 is 21.1 Å². The Bertz CT molecular complexity index is 363. The Morgan fingerprint density at radius 3 is 2.53 bits per heavy atom. The minimum Gasteiger partial charge on any atom is -0.508 e.